The van der Waals surface area contributed by atoms with Gasteiger partial charge in [-0.2, -0.15) is 0 Å². The molecule has 1 atom stereocenters. The highest BCUT2D eigenvalue weighted by Gasteiger charge is 2.40. The number of nitrogens with one attached hydrogen (secondary N) is 1. The van der Waals surface area contributed by atoms with Gasteiger partial charge in [-0.3, -0.25) is 4.79 Å². The number of ether oxygens (including phenoxy) is 1. The van der Waals surface area contributed by atoms with Crippen LogP contribution < -0.4 is 5.32 Å². The van der Waals surface area contributed by atoms with Crippen LogP contribution in [0, 0.1) is 13.5 Å². The molecule has 0 aromatic heterocycles. The topological polar surface area (TPSA) is 59.8 Å². The Morgan fingerprint density at radius 1 is 1.31 bits per heavy atom. The molecule has 1 fully saturated rings. The molecule has 0 radical (unpaired) electrons. The van der Waals surface area contributed by atoms with Gasteiger partial charge in [0.2, 0.25) is 0 Å². The molecule has 1 saturated heterocycles. The van der Waals surface area contributed by atoms with Crippen LogP contribution in [0.25, 0.3) is 4.85 Å². The molecule has 1 heterocycles. The lowest BCUT2D eigenvalue weighted by Crippen LogP contribution is -2.56. The van der Waals surface area contributed by atoms with E-state index in [0.29, 0.717) is 16.9 Å². The van der Waals surface area contributed by atoms with E-state index in [1.54, 1.807) is 19.9 Å². The van der Waals surface area contributed by atoms with Crippen LogP contribution >= 0.6 is 0 Å². The van der Waals surface area contributed by atoms with Gasteiger partial charge in [0, 0.05) is 12.8 Å². The number of rotatable bonds is 6. The van der Waals surface area contributed by atoms with Gasteiger partial charge < -0.3 is 14.5 Å². The molecule has 1 aliphatic rings. The zero-order valence-corrected chi connectivity index (χ0v) is 16.1. The van der Waals surface area contributed by atoms with Crippen molar-refractivity contribution in [1.82, 2.24) is 0 Å². The normalized spacial score (nSPS) is 16.6. The number of likely N-dealkylation sites (N-methyl/N-ethyl adjacent to an activating group) is 1. The molecule has 1 unspecified atom stereocenters. The summed E-state index contributed by atoms with van der Waals surface area (Å²) >= 11 is 0. The number of nitrogens with zero attached hydrogens (tertiary/aromatic N) is 2. The molecule has 0 saturated carbocycles. The number of anilines is 1. The van der Waals surface area contributed by atoms with Crippen LogP contribution in [0.2, 0.25) is 0 Å². The van der Waals surface area contributed by atoms with E-state index in [-0.39, 0.29) is 24.1 Å². The lowest BCUT2D eigenvalue weighted by Gasteiger charge is -2.38. The minimum absolute atomic E-state index is 0.0991. The summed E-state index contributed by atoms with van der Waals surface area (Å²) in [5, 5.41) is 2.95. The SMILES string of the molecule is [C-]#[N+]c1cc(C)c(NC(=O)C(C)[N+]2(CC)CCCC2)c(C(=O)OCC)c1. The highest BCUT2D eigenvalue weighted by molar-refractivity contribution is 6.04. The second-order valence-corrected chi connectivity index (χ2v) is 6.87. The average Bonchev–Trinajstić information content (AvgIpc) is 3.12. The number of hydrogen-bond acceptors (Lipinski definition) is 3. The molecule has 6 heteroatoms. The Kier molecular flexibility index (Phi) is 6.38. The first-order chi connectivity index (χ1) is 12.4. The number of carbonyl (C=O) groups is 2. The van der Waals surface area contributed by atoms with Crippen LogP contribution in [-0.2, 0) is 9.53 Å². The third-order valence-electron chi connectivity index (χ3n) is 5.48. The van der Waals surface area contributed by atoms with Crippen LogP contribution in [0.1, 0.15) is 49.5 Å². The van der Waals surface area contributed by atoms with E-state index in [1.807, 2.05) is 6.92 Å². The summed E-state index contributed by atoms with van der Waals surface area (Å²) in [6.45, 7) is 18.0. The fraction of sp³-hybridized carbons (Fsp3) is 0.550. The van der Waals surface area contributed by atoms with E-state index in [1.165, 1.54) is 6.07 Å². The molecule has 26 heavy (non-hydrogen) atoms. The molecule has 0 aliphatic carbocycles. The smallest absolute Gasteiger partial charge is 0.338 e. The Bertz CT molecular complexity index is 731. The number of carbonyl (C=O) groups excluding carboxylic acids is 2. The summed E-state index contributed by atoms with van der Waals surface area (Å²) in [4.78, 5) is 28.7. The Labute approximate surface area is 155 Å². The van der Waals surface area contributed by atoms with E-state index >= 15 is 0 Å². The summed E-state index contributed by atoms with van der Waals surface area (Å²) in [7, 11) is 0. The maximum Gasteiger partial charge on any atom is 0.338 e. The van der Waals surface area contributed by atoms with E-state index < -0.39 is 5.97 Å². The van der Waals surface area contributed by atoms with Crippen molar-refractivity contribution in [2.75, 3.05) is 31.6 Å². The first-order valence-corrected chi connectivity index (χ1v) is 9.24. The van der Waals surface area contributed by atoms with Gasteiger partial charge in [-0.1, -0.05) is 6.07 Å². The summed E-state index contributed by atoms with van der Waals surface area (Å²) in [6.07, 6.45) is 2.27. The maximum absolute atomic E-state index is 13.0. The number of amides is 1. The van der Waals surface area contributed by atoms with E-state index in [9.17, 15) is 9.59 Å². The van der Waals surface area contributed by atoms with Crippen LogP contribution in [0.5, 0.6) is 0 Å². The average molecular weight is 358 g/mol. The molecule has 1 N–H and O–H groups in total. The van der Waals surface area contributed by atoms with Crippen LogP contribution in [-0.4, -0.2) is 48.6 Å². The highest BCUT2D eigenvalue weighted by atomic mass is 16.5. The van der Waals surface area contributed by atoms with Gasteiger partial charge in [0.25, 0.3) is 5.91 Å². The van der Waals surface area contributed by atoms with Crippen molar-refractivity contribution in [3.05, 3.63) is 34.7 Å². The van der Waals surface area contributed by atoms with Crippen LogP contribution in [0.15, 0.2) is 12.1 Å². The number of quaternary nitrogens is 1. The highest BCUT2D eigenvalue weighted by Crippen LogP contribution is 2.30. The minimum Gasteiger partial charge on any atom is -0.462 e. The van der Waals surface area contributed by atoms with Gasteiger partial charge in [0.1, 0.15) is 0 Å². The summed E-state index contributed by atoms with van der Waals surface area (Å²) in [6, 6.07) is 2.96. The molecule has 6 nitrogen and oxygen atoms in total. The Morgan fingerprint density at radius 2 is 1.96 bits per heavy atom. The minimum atomic E-state index is -0.524. The molecular weight excluding hydrogens is 330 g/mol. The van der Waals surface area contributed by atoms with Crippen LogP contribution in [0.4, 0.5) is 11.4 Å². The largest absolute Gasteiger partial charge is 0.462 e. The molecular formula is C20H28N3O3+. The van der Waals surface area contributed by atoms with Crippen LogP contribution in [0.3, 0.4) is 0 Å². The predicted molar refractivity (Wildman–Crippen MR) is 101 cm³/mol. The van der Waals surface area contributed by atoms with E-state index in [4.69, 9.17) is 11.3 Å². The van der Waals surface area contributed by atoms with Crippen molar-refractivity contribution < 1.29 is 18.8 Å². The zero-order valence-electron chi connectivity index (χ0n) is 16.1. The van der Waals surface area contributed by atoms with Crippen molar-refractivity contribution in [2.24, 2.45) is 0 Å². The fourth-order valence-corrected chi connectivity index (χ4v) is 3.79. The molecule has 0 bridgehead atoms. The third kappa shape index (κ3) is 3.88. The van der Waals surface area contributed by atoms with Crippen molar-refractivity contribution in [1.29, 1.82) is 0 Å². The number of esters is 1. The Balaban J connectivity index is 2.34. The van der Waals surface area contributed by atoms with Gasteiger partial charge in [-0.15, -0.1) is 0 Å². The first-order valence-electron chi connectivity index (χ1n) is 9.24. The second kappa shape index (κ2) is 8.33. The molecule has 1 aromatic rings. The van der Waals surface area contributed by atoms with Crippen molar-refractivity contribution >= 4 is 23.3 Å². The van der Waals surface area contributed by atoms with Gasteiger partial charge in [-0.05, 0) is 39.3 Å². The number of aryl methyl sites for hydroxylation is 1. The van der Waals surface area contributed by atoms with Crippen molar-refractivity contribution in [2.45, 2.75) is 46.6 Å². The molecule has 140 valence electrons. The monoisotopic (exact) mass is 358 g/mol. The van der Waals surface area contributed by atoms with E-state index in [0.717, 1.165) is 37.0 Å². The number of hydrogen-bond donors (Lipinski definition) is 1. The Hall–Kier alpha value is -2.39. The van der Waals surface area contributed by atoms with Gasteiger partial charge in [-0.25, -0.2) is 9.64 Å². The Morgan fingerprint density at radius 3 is 2.50 bits per heavy atom. The molecule has 1 aromatic carbocycles. The van der Waals surface area contributed by atoms with Gasteiger partial charge in [0.05, 0.1) is 44.1 Å². The predicted octanol–water partition coefficient (Wildman–Crippen LogP) is 3.68. The lowest BCUT2D eigenvalue weighted by atomic mass is 10.1. The van der Waals surface area contributed by atoms with E-state index in [2.05, 4.69) is 17.1 Å². The maximum atomic E-state index is 13.0. The van der Waals surface area contributed by atoms with Crippen molar-refractivity contribution in [3.8, 4) is 0 Å². The number of benzene rings is 1. The lowest BCUT2D eigenvalue weighted by molar-refractivity contribution is -0.928. The second-order valence-electron chi connectivity index (χ2n) is 6.87. The van der Waals surface area contributed by atoms with Gasteiger partial charge >= 0.3 is 5.97 Å². The number of likely N-dealkylation sites (tertiary alicyclic amines) is 1. The summed E-state index contributed by atoms with van der Waals surface area (Å²) < 4.78 is 5.89. The summed E-state index contributed by atoms with van der Waals surface area (Å²) in [5.41, 5.74) is 1.73. The molecule has 1 amide bonds. The zero-order chi connectivity index (χ0) is 19.3. The summed E-state index contributed by atoms with van der Waals surface area (Å²) in [5.74, 6) is -0.623. The molecule has 1 aliphatic heterocycles. The fourth-order valence-electron chi connectivity index (χ4n) is 3.79. The third-order valence-corrected chi connectivity index (χ3v) is 5.48. The molecule has 2 rings (SSSR count). The quantitative estimate of drug-likeness (QED) is 0.479. The first kappa shape index (κ1) is 19.9. The standard InChI is InChI=1S/C20H27N3O3/c1-6-23(10-8-9-11-23)15(4)19(24)22-18-14(3)12-16(21-5)13-17(18)20(25)26-7-2/h12-13,15H,6-11H2,1-4H3/p+1. The molecule has 0 spiro atoms. The van der Waals surface area contributed by atoms with Crippen molar-refractivity contribution in [3.63, 3.8) is 0 Å². The van der Waals surface area contributed by atoms with Gasteiger partial charge in [0.15, 0.2) is 11.7 Å².